The maximum atomic E-state index is 3.37. The molecule has 0 spiro atoms. The molecule has 0 aromatic rings. The molecule has 0 radical (unpaired) electrons. The van der Waals surface area contributed by atoms with Crippen LogP contribution in [0.2, 0.25) is 0 Å². The summed E-state index contributed by atoms with van der Waals surface area (Å²) in [5.41, 5.74) is 1.37. The molecule has 0 bridgehead atoms. The number of hydrogen-bond acceptors (Lipinski definition) is 1. The van der Waals surface area contributed by atoms with E-state index >= 15 is 0 Å². The molecular formula is C13H21N. The van der Waals surface area contributed by atoms with E-state index in [0.29, 0.717) is 5.92 Å². The van der Waals surface area contributed by atoms with E-state index in [1.54, 1.807) is 0 Å². The van der Waals surface area contributed by atoms with Crippen molar-refractivity contribution in [2.45, 2.75) is 39.5 Å². The van der Waals surface area contributed by atoms with Gasteiger partial charge < -0.3 is 5.32 Å². The highest BCUT2D eigenvalue weighted by atomic mass is 14.9. The summed E-state index contributed by atoms with van der Waals surface area (Å²) in [6.45, 7) is 4.51. The minimum Gasteiger partial charge on any atom is -0.365 e. The molecule has 0 saturated heterocycles. The smallest absolute Gasteiger partial charge is 0.0178 e. The third-order valence-corrected chi connectivity index (χ3v) is 2.56. The van der Waals surface area contributed by atoms with Crippen LogP contribution in [-0.4, -0.2) is 0 Å². The van der Waals surface area contributed by atoms with E-state index in [9.17, 15) is 0 Å². The first kappa shape index (κ1) is 11.1. The predicted molar refractivity (Wildman–Crippen MR) is 62.8 cm³/mol. The van der Waals surface area contributed by atoms with Crippen molar-refractivity contribution in [1.82, 2.24) is 5.32 Å². The number of hydrogen-bond donors (Lipinski definition) is 1. The third-order valence-electron chi connectivity index (χ3n) is 2.56. The highest BCUT2D eigenvalue weighted by molar-refractivity contribution is 5.22. The van der Waals surface area contributed by atoms with E-state index < -0.39 is 0 Å². The van der Waals surface area contributed by atoms with E-state index in [1.165, 1.54) is 31.4 Å². The summed E-state index contributed by atoms with van der Waals surface area (Å²) in [5.74, 6) is 0.706. The van der Waals surface area contributed by atoms with Crippen molar-refractivity contribution >= 4 is 0 Å². The summed E-state index contributed by atoms with van der Waals surface area (Å²) < 4.78 is 0. The zero-order chi connectivity index (χ0) is 10.2. The van der Waals surface area contributed by atoms with Gasteiger partial charge in [0.25, 0.3) is 0 Å². The van der Waals surface area contributed by atoms with Gasteiger partial charge in [-0.2, -0.15) is 0 Å². The summed E-state index contributed by atoms with van der Waals surface area (Å²) >= 11 is 0. The average Bonchev–Trinajstić information content (AvgIpc) is 2.45. The molecule has 1 heteroatoms. The normalized spacial score (nSPS) is 15.2. The molecule has 1 N–H and O–H groups in total. The predicted octanol–water partition coefficient (Wildman–Crippen LogP) is 3.76. The maximum Gasteiger partial charge on any atom is 0.0178 e. The Labute approximate surface area is 87.6 Å². The van der Waals surface area contributed by atoms with Crippen LogP contribution in [0.25, 0.3) is 0 Å². The molecule has 1 aliphatic heterocycles. The average molecular weight is 191 g/mol. The van der Waals surface area contributed by atoms with Gasteiger partial charge in [-0.15, -0.1) is 0 Å². The summed E-state index contributed by atoms with van der Waals surface area (Å²) in [4.78, 5) is 0. The van der Waals surface area contributed by atoms with E-state index in [0.717, 1.165) is 0 Å². The molecule has 0 amide bonds. The van der Waals surface area contributed by atoms with Gasteiger partial charge >= 0.3 is 0 Å². The lowest BCUT2D eigenvalue weighted by molar-refractivity contribution is 0.487. The molecule has 78 valence electrons. The number of rotatable bonds is 5. The first-order chi connectivity index (χ1) is 6.88. The molecule has 1 nitrogen and oxygen atoms in total. The van der Waals surface area contributed by atoms with Crippen LogP contribution >= 0.6 is 0 Å². The van der Waals surface area contributed by atoms with Crippen molar-refractivity contribution in [2.24, 2.45) is 5.92 Å². The van der Waals surface area contributed by atoms with Gasteiger partial charge in [0.15, 0.2) is 0 Å². The lowest BCUT2D eigenvalue weighted by Crippen LogP contribution is -2.15. The van der Waals surface area contributed by atoms with Crippen LogP contribution < -0.4 is 5.32 Å². The Bertz CT molecular complexity index is 230. The van der Waals surface area contributed by atoms with Crippen LogP contribution in [0.15, 0.2) is 36.2 Å². The van der Waals surface area contributed by atoms with Crippen LogP contribution in [0.4, 0.5) is 0 Å². The second-order valence-electron chi connectivity index (χ2n) is 3.78. The summed E-state index contributed by atoms with van der Waals surface area (Å²) in [7, 11) is 0. The van der Waals surface area contributed by atoms with Gasteiger partial charge in [-0.1, -0.05) is 38.8 Å². The van der Waals surface area contributed by atoms with E-state index in [4.69, 9.17) is 0 Å². The zero-order valence-electron chi connectivity index (χ0n) is 9.29. The molecular weight excluding hydrogens is 170 g/mol. The molecule has 1 rings (SSSR count). The molecule has 0 aliphatic carbocycles. The van der Waals surface area contributed by atoms with Gasteiger partial charge in [0.2, 0.25) is 0 Å². The summed E-state index contributed by atoms with van der Waals surface area (Å²) in [5, 5.41) is 3.37. The molecule has 0 fully saturated rings. The lowest BCUT2D eigenvalue weighted by atomic mass is 9.94. The fraction of sp³-hybridized carbons (Fsp3) is 0.538. The van der Waals surface area contributed by atoms with Crippen molar-refractivity contribution < 1.29 is 0 Å². The Kier molecular flexibility index (Phi) is 5.13. The van der Waals surface area contributed by atoms with E-state index in [2.05, 4.69) is 37.4 Å². The largest absolute Gasteiger partial charge is 0.365 e. The second kappa shape index (κ2) is 6.47. The Balaban J connectivity index is 2.61. The van der Waals surface area contributed by atoms with E-state index in [1.807, 2.05) is 12.3 Å². The van der Waals surface area contributed by atoms with E-state index in [-0.39, 0.29) is 0 Å². The second-order valence-corrected chi connectivity index (χ2v) is 3.78. The van der Waals surface area contributed by atoms with Gasteiger partial charge in [-0.05, 0) is 30.9 Å². The van der Waals surface area contributed by atoms with Gasteiger partial charge in [0.1, 0.15) is 0 Å². The Morgan fingerprint density at radius 1 is 1.07 bits per heavy atom. The quantitative estimate of drug-likeness (QED) is 0.697. The summed E-state index contributed by atoms with van der Waals surface area (Å²) in [6.07, 6.45) is 15.5. The Morgan fingerprint density at radius 2 is 1.79 bits per heavy atom. The molecule has 0 saturated carbocycles. The standard InChI is InChI=1S/C13H21N/c1-3-8-12(9-4-2)13-10-6-5-7-11-14-13/h5-7,10-12,14H,3-4,8-9H2,1-2H3. The number of allylic oxidation sites excluding steroid dienone is 5. The Morgan fingerprint density at radius 3 is 2.43 bits per heavy atom. The maximum absolute atomic E-state index is 3.37. The van der Waals surface area contributed by atoms with Crippen LogP contribution in [0.3, 0.4) is 0 Å². The van der Waals surface area contributed by atoms with Crippen LogP contribution in [0, 0.1) is 5.92 Å². The molecule has 0 atom stereocenters. The third kappa shape index (κ3) is 3.41. The highest BCUT2D eigenvalue weighted by Crippen LogP contribution is 2.21. The molecule has 0 aromatic heterocycles. The van der Waals surface area contributed by atoms with Crippen molar-refractivity contribution in [3.8, 4) is 0 Å². The fourth-order valence-electron chi connectivity index (χ4n) is 1.88. The minimum absolute atomic E-state index is 0.706. The number of nitrogens with one attached hydrogen (secondary N) is 1. The minimum atomic E-state index is 0.706. The lowest BCUT2D eigenvalue weighted by Gasteiger charge is -2.18. The van der Waals surface area contributed by atoms with Crippen LogP contribution in [-0.2, 0) is 0 Å². The molecule has 1 heterocycles. The highest BCUT2D eigenvalue weighted by Gasteiger charge is 2.11. The van der Waals surface area contributed by atoms with Gasteiger partial charge in [0.05, 0.1) is 0 Å². The molecule has 1 aliphatic rings. The fourth-order valence-corrected chi connectivity index (χ4v) is 1.88. The van der Waals surface area contributed by atoms with Crippen molar-refractivity contribution in [2.75, 3.05) is 0 Å². The summed E-state index contributed by atoms with van der Waals surface area (Å²) in [6, 6.07) is 0. The monoisotopic (exact) mass is 191 g/mol. The van der Waals surface area contributed by atoms with Crippen molar-refractivity contribution in [3.05, 3.63) is 36.2 Å². The molecule has 0 aromatic carbocycles. The van der Waals surface area contributed by atoms with Crippen molar-refractivity contribution in [1.29, 1.82) is 0 Å². The molecule has 0 unspecified atom stereocenters. The van der Waals surface area contributed by atoms with Crippen LogP contribution in [0.5, 0.6) is 0 Å². The van der Waals surface area contributed by atoms with Gasteiger partial charge in [-0.25, -0.2) is 0 Å². The van der Waals surface area contributed by atoms with Crippen LogP contribution in [0.1, 0.15) is 39.5 Å². The zero-order valence-corrected chi connectivity index (χ0v) is 9.29. The molecule has 14 heavy (non-hydrogen) atoms. The first-order valence-corrected chi connectivity index (χ1v) is 5.68. The van der Waals surface area contributed by atoms with Gasteiger partial charge in [-0.3, -0.25) is 0 Å². The first-order valence-electron chi connectivity index (χ1n) is 5.68. The SMILES string of the molecule is CCCC(CCC)C1=CC=CC=CN1. The topological polar surface area (TPSA) is 12.0 Å². The van der Waals surface area contributed by atoms with Gasteiger partial charge in [0, 0.05) is 11.9 Å². The Hall–Kier alpha value is -0.980. The van der Waals surface area contributed by atoms with Crippen molar-refractivity contribution in [3.63, 3.8) is 0 Å².